The zero-order valence-electron chi connectivity index (χ0n) is 12.8. The van der Waals surface area contributed by atoms with Crippen molar-refractivity contribution in [3.63, 3.8) is 0 Å². The van der Waals surface area contributed by atoms with Gasteiger partial charge < -0.3 is 19.6 Å². The lowest BCUT2D eigenvalue weighted by Crippen LogP contribution is -2.30. The van der Waals surface area contributed by atoms with Gasteiger partial charge in [-0.3, -0.25) is 4.79 Å². The highest BCUT2D eigenvalue weighted by atomic mass is 19.1. The van der Waals surface area contributed by atoms with Crippen molar-refractivity contribution in [1.82, 2.24) is 0 Å². The Balaban J connectivity index is 1.78. The monoisotopic (exact) mass is 346 g/mol. The summed E-state index contributed by atoms with van der Waals surface area (Å²) in [6.45, 7) is 0.223. The van der Waals surface area contributed by atoms with E-state index in [1.807, 2.05) is 0 Å². The lowest BCUT2D eigenvalue weighted by Gasteiger charge is -2.23. The van der Waals surface area contributed by atoms with Crippen LogP contribution in [0.4, 0.5) is 14.5 Å². The first-order valence-corrected chi connectivity index (χ1v) is 7.44. The molecule has 25 heavy (non-hydrogen) atoms. The number of anilines is 1. The fourth-order valence-electron chi connectivity index (χ4n) is 3.08. The van der Waals surface area contributed by atoms with Crippen LogP contribution in [0.25, 0.3) is 0 Å². The van der Waals surface area contributed by atoms with E-state index in [-0.39, 0.29) is 31.2 Å². The smallest absolute Gasteiger partial charge is 0.281 e. The summed E-state index contributed by atoms with van der Waals surface area (Å²) in [6.07, 6.45) is 0. The first kappa shape index (κ1) is 15.5. The Bertz CT molecular complexity index is 914. The van der Waals surface area contributed by atoms with E-state index in [1.54, 1.807) is 0 Å². The van der Waals surface area contributed by atoms with Gasteiger partial charge in [0.15, 0.2) is 12.5 Å². The van der Waals surface area contributed by atoms with Crippen LogP contribution in [0, 0.1) is 11.6 Å². The van der Waals surface area contributed by atoms with Crippen LogP contribution in [-0.4, -0.2) is 23.6 Å². The predicted octanol–water partition coefficient (Wildman–Crippen LogP) is 2.56. The molecule has 6 nitrogen and oxygen atoms in total. The number of hydrogen-bond acceptors (Lipinski definition) is 5. The Morgan fingerprint density at radius 3 is 2.84 bits per heavy atom. The minimum Gasteiger partial charge on any atom is -0.467 e. The lowest BCUT2D eigenvalue weighted by atomic mass is 10.1. The Kier molecular flexibility index (Phi) is 3.61. The molecule has 0 bridgehead atoms. The maximum Gasteiger partial charge on any atom is 0.281 e. The van der Waals surface area contributed by atoms with Crippen molar-refractivity contribution in [2.75, 3.05) is 11.7 Å². The number of amides is 1. The number of nitrogens with zero attached hydrogens (tertiary/aromatic N) is 2. The van der Waals surface area contributed by atoms with Crippen molar-refractivity contribution >= 4 is 17.3 Å². The molecule has 2 aromatic carbocycles. The van der Waals surface area contributed by atoms with E-state index in [0.717, 1.165) is 6.07 Å². The van der Waals surface area contributed by atoms with Crippen molar-refractivity contribution in [3.8, 4) is 5.75 Å². The summed E-state index contributed by atoms with van der Waals surface area (Å²) in [7, 11) is 0. The van der Waals surface area contributed by atoms with Crippen LogP contribution in [-0.2, 0) is 22.7 Å². The molecule has 0 aliphatic carbocycles. The number of halogens is 2. The number of oxime groups is 1. The van der Waals surface area contributed by atoms with Gasteiger partial charge in [-0.05, 0) is 30.3 Å². The van der Waals surface area contributed by atoms with Crippen molar-refractivity contribution in [1.29, 1.82) is 0 Å². The van der Waals surface area contributed by atoms with E-state index >= 15 is 0 Å². The second-order valence-electron chi connectivity index (χ2n) is 5.67. The summed E-state index contributed by atoms with van der Waals surface area (Å²) in [6, 6.07) is 6.32. The molecular weight excluding hydrogens is 334 g/mol. The molecule has 8 heteroatoms. The maximum absolute atomic E-state index is 13.9. The van der Waals surface area contributed by atoms with Crippen LogP contribution >= 0.6 is 0 Å². The highest BCUT2D eigenvalue weighted by Crippen LogP contribution is 2.35. The molecule has 0 fully saturated rings. The van der Waals surface area contributed by atoms with E-state index in [2.05, 4.69) is 5.16 Å². The van der Waals surface area contributed by atoms with Crippen LogP contribution in [0.2, 0.25) is 0 Å². The van der Waals surface area contributed by atoms with E-state index in [9.17, 15) is 13.6 Å². The van der Waals surface area contributed by atoms with Gasteiger partial charge >= 0.3 is 0 Å². The molecule has 0 spiro atoms. The first-order valence-electron chi connectivity index (χ1n) is 7.44. The van der Waals surface area contributed by atoms with Crippen LogP contribution in [0.1, 0.15) is 16.7 Å². The van der Waals surface area contributed by atoms with Crippen LogP contribution in [0.5, 0.6) is 5.75 Å². The minimum absolute atomic E-state index is 0.0173. The predicted molar refractivity (Wildman–Crippen MR) is 82.6 cm³/mol. The second-order valence-corrected chi connectivity index (χ2v) is 5.67. The van der Waals surface area contributed by atoms with E-state index in [4.69, 9.17) is 14.7 Å². The van der Waals surface area contributed by atoms with Gasteiger partial charge in [0.05, 0.1) is 18.8 Å². The number of hydrogen-bond donors (Lipinski definition) is 1. The largest absolute Gasteiger partial charge is 0.467 e. The third-order valence-corrected chi connectivity index (χ3v) is 4.13. The Labute approximate surface area is 140 Å². The Morgan fingerprint density at radius 1 is 1.20 bits per heavy atom. The summed E-state index contributed by atoms with van der Waals surface area (Å²) in [4.78, 5) is 13.8. The zero-order valence-corrected chi connectivity index (χ0v) is 12.8. The van der Waals surface area contributed by atoms with Gasteiger partial charge in [0, 0.05) is 16.7 Å². The molecule has 2 aromatic rings. The Morgan fingerprint density at radius 2 is 2.04 bits per heavy atom. The summed E-state index contributed by atoms with van der Waals surface area (Å²) >= 11 is 0. The van der Waals surface area contributed by atoms with Crippen LogP contribution < -0.4 is 9.64 Å². The van der Waals surface area contributed by atoms with Crippen molar-refractivity contribution in [3.05, 3.63) is 58.7 Å². The fourth-order valence-corrected chi connectivity index (χ4v) is 3.08. The molecule has 128 valence electrons. The molecule has 1 amide bonds. The summed E-state index contributed by atoms with van der Waals surface area (Å²) in [5.41, 5.74) is 1.29. The molecule has 0 saturated heterocycles. The van der Waals surface area contributed by atoms with Crippen molar-refractivity contribution in [2.45, 2.75) is 13.2 Å². The van der Waals surface area contributed by atoms with E-state index < -0.39 is 17.5 Å². The lowest BCUT2D eigenvalue weighted by molar-refractivity contribution is -0.112. The second kappa shape index (κ2) is 5.82. The highest BCUT2D eigenvalue weighted by molar-refractivity contribution is 6.54. The number of ether oxygens (including phenoxy) is 2. The topological polar surface area (TPSA) is 71.4 Å². The minimum atomic E-state index is -0.604. The molecule has 2 aliphatic rings. The molecule has 2 heterocycles. The Hall–Kier alpha value is -3.00. The number of carbonyl (C=O) groups is 1. The van der Waals surface area contributed by atoms with Gasteiger partial charge in [0.2, 0.25) is 0 Å². The summed E-state index contributed by atoms with van der Waals surface area (Å²) in [5.74, 6) is -1.19. The maximum atomic E-state index is 13.9. The molecule has 2 aliphatic heterocycles. The molecule has 4 rings (SSSR count). The SMILES string of the molecule is O=C1/C(=N/O)c2cc(F)ccc2N1Cc1cc(F)cc2c1OCOC2. The first-order chi connectivity index (χ1) is 12.1. The molecule has 1 N–H and O–H groups in total. The quantitative estimate of drug-likeness (QED) is 0.670. The molecule has 0 saturated carbocycles. The molecule has 0 radical (unpaired) electrons. The third-order valence-electron chi connectivity index (χ3n) is 4.13. The van der Waals surface area contributed by atoms with Crippen LogP contribution in [0.3, 0.4) is 0 Å². The zero-order chi connectivity index (χ0) is 17.6. The number of rotatable bonds is 2. The van der Waals surface area contributed by atoms with Gasteiger partial charge in [0.25, 0.3) is 5.91 Å². The standard InChI is InChI=1S/C17H12F2N2O4/c18-11-1-2-14-13(5-11)15(20-23)17(22)21(14)6-9-3-12(19)4-10-7-24-8-25-16(9)10/h1-5,23H,6-8H2/b20-15+. The van der Waals surface area contributed by atoms with Gasteiger partial charge in [-0.2, -0.15) is 0 Å². The third kappa shape index (κ3) is 2.51. The average molecular weight is 346 g/mol. The highest BCUT2D eigenvalue weighted by Gasteiger charge is 2.35. The van der Waals surface area contributed by atoms with Gasteiger partial charge in [-0.15, -0.1) is 0 Å². The van der Waals surface area contributed by atoms with Gasteiger partial charge in [-0.25, -0.2) is 8.78 Å². The van der Waals surface area contributed by atoms with E-state index in [0.29, 0.717) is 22.6 Å². The normalized spacial score (nSPS) is 17.4. The van der Waals surface area contributed by atoms with Gasteiger partial charge in [0.1, 0.15) is 17.4 Å². The molecule has 0 aromatic heterocycles. The summed E-state index contributed by atoms with van der Waals surface area (Å²) in [5, 5.41) is 12.1. The van der Waals surface area contributed by atoms with Gasteiger partial charge in [-0.1, -0.05) is 5.16 Å². The van der Waals surface area contributed by atoms with Crippen molar-refractivity contribution < 1.29 is 28.3 Å². The van der Waals surface area contributed by atoms with E-state index in [1.165, 1.54) is 29.2 Å². The number of fused-ring (bicyclic) bond motifs is 2. The fraction of sp³-hybridized carbons (Fsp3) is 0.176. The number of benzene rings is 2. The van der Waals surface area contributed by atoms with Crippen molar-refractivity contribution in [2.24, 2.45) is 5.16 Å². The molecular formula is C17H12F2N2O4. The summed E-state index contributed by atoms with van der Waals surface area (Å²) < 4.78 is 38.0. The molecule has 0 atom stereocenters. The molecule has 0 unspecified atom stereocenters. The van der Waals surface area contributed by atoms with Crippen LogP contribution in [0.15, 0.2) is 35.5 Å². The number of carbonyl (C=O) groups excluding carboxylic acids is 1. The average Bonchev–Trinajstić information content (AvgIpc) is 2.85.